The number of halogens is 1. The fourth-order valence-electron chi connectivity index (χ4n) is 9.36. The van der Waals surface area contributed by atoms with Crippen LogP contribution in [0.15, 0.2) is 162 Å². The number of rotatable bonds is 7. The minimum absolute atomic E-state index is 0. The number of para-hydroxylation sites is 3. The van der Waals surface area contributed by atoms with Crippen molar-refractivity contribution in [1.29, 1.82) is 0 Å². The summed E-state index contributed by atoms with van der Waals surface area (Å²) in [6.45, 7) is 13.9. The topological polar surface area (TPSA) is 43.9 Å². The predicted octanol–water partition coefficient (Wildman–Crippen LogP) is 16.6. The van der Waals surface area contributed by atoms with E-state index >= 15 is 0 Å². The molecule has 3 aromatic heterocycles. The first kappa shape index (κ1) is 41.5. The Labute approximate surface area is 426 Å². The van der Waals surface area contributed by atoms with Crippen LogP contribution in [0.3, 0.4) is 0 Å². The summed E-state index contributed by atoms with van der Waals surface area (Å²) in [5.74, 6) is 0.384. The number of aryl methyl sites for hydroxylation is 1. The van der Waals surface area contributed by atoms with Gasteiger partial charge in [-0.3, -0.25) is 9.37 Å². The Morgan fingerprint density at radius 2 is 1.46 bits per heavy atom. The minimum atomic E-state index is -2.42. The van der Waals surface area contributed by atoms with Crippen molar-refractivity contribution in [1.82, 2.24) is 14.5 Å². The normalized spacial score (nSPS) is 13.4. The van der Waals surface area contributed by atoms with Crippen molar-refractivity contribution in [3.8, 4) is 39.5 Å². The maximum absolute atomic E-state index is 14.7. The standard InChI is InChI=1S/C42H29N2O.C20H27FNSi.Ir/c1-26(2)29-16-10-17-31(27-12-4-3-5-13-27)39(29)44-38-21-9-8-20-37(38)43-42(44)36-19-11-18-33-35-25-24-32-30-15-7-6-14-28(30)22-23-34(32)40(35)45-41(33)36;1-14-8-9-16(17(21)10-14)18-11-15(12-20(2,3)4)19(13-22-18)23(5,6)7;/h3-18,20-26H,1-2H3;8,10-11,13H,12H2,1-7H3;/q2*-1;/i;1D3,12D2;. The van der Waals surface area contributed by atoms with Gasteiger partial charge in [0, 0.05) is 61.0 Å². The molecule has 0 fully saturated rings. The van der Waals surface area contributed by atoms with E-state index in [1.54, 1.807) is 12.3 Å². The fraction of sp³-hybridized carbons (Fsp3) is 0.194. The van der Waals surface area contributed by atoms with E-state index in [-0.39, 0.29) is 36.9 Å². The fourth-order valence-corrected chi connectivity index (χ4v) is 10.8. The summed E-state index contributed by atoms with van der Waals surface area (Å²) in [6, 6.07) is 57.2. The molecule has 0 spiro atoms. The van der Waals surface area contributed by atoms with Gasteiger partial charge in [0.2, 0.25) is 0 Å². The summed E-state index contributed by atoms with van der Waals surface area (Å²) in [6.07, 6.45) is -0.0131. The van der Waals surface area contributed by atoms with E-state index in [0.29, 0.717) is 11.5 Å². The van der Waals surface area contributed by atoms with E-state index < -0.39 is 32.5 Å². The summed E-state index contributed by atoms with van der Waals surface area (Å²) < 4.78 is 63.6. The van der Waals surface area contributed by atoms with Gasteiger partial charge in [-0.15, -0.1) is 42.0 Å². The number of benzene rings is 8. The second kappa shape index (κ2) is 18.8. The largest absolute Gasteiger partial charge is 0.500 e. The van der Waals surface area contributed by atoms with Gasteiger partial charge in [0.1, 0.15) is 5.58 Å². The molecule has 0 bridgehead atoms. The van der Waals surface area contributed by atoms with E-state index in [4.69, 9.17) is 16.3 Å². The van der Waals surface area contributed by atoms with Crippen molar-refractivity contribution in [2.24, 2.45) is 5.41 Å². The quantitative estimate of drug-likeness (QED) is 0.0907. The van der Waals surface area contributed by atoms with Crippen molar-refractivity contribution in [2.75, 3.05) is 0 Å². The van der Waals surface area contributed by atoms with Crippen LogP contribution in [0.4, 0.5) is 4.39 Å². The number of hydrogen-bond acceptors (Lipinski definition) is 3. The van der Waals surface area contributed by atoms with E-state index in [1.165, 1.54) is 38.9 Å². The van der Waals surface area contributed by atoms with E-state index in [2.05, 4.69) is 183 Å². The zero-order valence-corrected chi connectivity index (χ0v) is 43.4. The first-order chi connectivity index (χ1) is 34.6. The molecule has 7 heteroatoms. The molecule has 0 saturated heterocycles. The van der Waals surface area contributed by atoms with Gasteiger partial charge in [-0.25, -0.2) is 0 Å². The second-order valence-corrected chi connectivity index (χ2v) is 24.9. The number of pyridine rings is 1. The van der Waals surface area contributed by atoms with Crippen LogP contribution in [-0.4, -0.2) is 22.6 Å². The Bertz CT molecular complexity index is 3910. The average molecular weight is 1100 g/mol. The Morgan fingerprint density at radius 1 is 0.754 bits per heavy atom. The van der Waals surface area contributed by atoms with Crippen molar-refractivity contribution in [3.05, 3.63) is 192 Å². The molecule has 8 aromatic carbocycles. The van der Waals surface area contributed by atoms with Crippen molar-refractivity contribution >= 4 is 67.8 Å². The molecule has 1 radical (unpaired) electrons. The summed E-state index contributed by atoms with van der Waals surface area (Å²) in [4.78, 5) is 9.67. The van der Waals surface area contributed by atoms with Crippen LogP contribution in [0, 0.1) is 30.2 Å². The molecule has 11 aromatic rings. The number of furan rings is 1. The van der Waals surface area contributed by atoms with Crippen LogP contribution in [0.5, 0.6) is 0 Å². The van der Waals surface area contributed by atoms with Crippen molar-refractivity contribution < 1.29 is 35.8 Å². The number of nitrogens with zero attached hydrogens (tertiary/aromatic N) is 3. The molecule has 347 valence electrons. The SMILES string of the molecule is CC(C)c1cccc(-c2ccccc2)c1-n1c(-c2[c-]ccc3c2oc2c3ccc3c4ccccc4ccc32)nc2ccccc21.[2H]C([2H])([2H])c1c[c-]c(-c2cc(C([2H])([2H])C(C)(C)C)c([Si](C)(C)C)cn2)c(F)c1.[Ir]. The van der Waals surface area contributed by atoms with Crippen LogP contribution in [0.2, 0.25) is 19.6 Å². The van der Waals surface area contributed by atoms with Gasteiger partial charge in [-0.1, -0.05) is 198 Å². The molecule has 0 aliphatic heterocycles. The number of imidazole rings is 1. The summed E-state index contributed by atoms with van der Waals surface area (Å²) in [5, 5.41) is 7.79. The van der Waals surface area contributed by atoms with Gasteiger partial charge in [-0.2, -0.15) is 0 Å². The number of hydrogen-bond donors (Lipinski definition) is 0. The molecule has 0 amide bonds. The van der Waals surface area contributed by atoms with Crippen molar-refractivity contribution in [2.45, 2.75) is 73.4 Å². The van der Waals surface area contributed by atoms with Gasteiger partial charge in [0.25, 0.3) is 0 Å². The molecule has 4 nitrogen and oxygen atoms in total. The van der Waals surface area contributed by atoms with E-state index in [1.807, 2.05) is 26.8 Å². The number of aromatic nitrogens is 3. The first-order valence-corrected chi connectivity index (χ1v) is 26.7. The third-order valence-electron chi connectivity index (χ3n) is 12.5. The molecule has 0 aliphatic carbocycles. The van der Waals surface area contributed by atoms with Crippen molar-refractivity contribution in [3.63, 3.8) is 0 Å². The van der Waals surface area contributed by atoms with E-state index in [9.17, 15) is 4.39 Å². The van der Waals surface area contributed by atoms with Crippen LogP contribution < -0.4 is 5.19 Å². The smallest absolute Gasteiger partial charge is 0.128 e. The second-order valence-electron chi connectivity index (χ2n) is 19.9. The van der Waals surface area contributed by atoms with Crippen LogP contribution in [0.25, 0.3) is 94.0 Å². The average Bonchev–Trinajstić information content (AvgIpc) is 3.95. The van der Waals surface area contributed by atoms with Gasteiger partial charge in [0.05, 0.1) is 30.5 Å². The molecule has 11 rings (SSSR count). The van der Waals surface area contributed by atoms with Crippen LogP contribution in [-0.2, 0) is 26.5 Å². The van der Waals surface area contributed by atoms with Crippen LogP contribution >= 0.6 is 0 Å². The maximum atomic E-state index is 14.7. The molecule has 3 heterocycles. The molecule has 0 atom stereocenters. The Morgan fingerprint density at radius 3 is 2.22 bits per heavy atom. The molecule has 0 unspecified atom stereocenters. The molecule has 69 heavy (non-hydrogen) atoms. The monoisotopic (exact) mass is 1100 g/mol. The third kappa shape index (κ3) is 9.12. The van der Waals surface area contributed by atoms with E-state index in [0.717, 1.165) is 66.7 Å². The molecular formula is C62H56FIrN3OSi-2. The summed E-state index contributed by atoms with van der Waals surface area (Å²) in [7, 11) is -1.92. The zero-order chi connectivity index (χ0) is 51.8. The van der Waals surface area contributed by atoms with Gasteiger partial charge >= 0.3 is 0 Å². The molecule has 0 saturated carbocycles. The molecule has 0 aliphatic rings. The maximum Gasteiger partial charge on any atom is 0.128 e. The third-order valence-corrected chi connectivity index (χ3v) is 14.5. The van der Waals surface area contributed by atoms with Gasteiger partial charge in [-0.05, 0) is 68.0 Å². The van der Waals surface area contributed by atoms with Gasteiger partial charge in [0.15, 0.2) is 0 Å². The summed E-state index contributed by atoms with van der Waals surface area (Å²) in [5.41, 5.74) is 9.27. The Kier molecular flexibility index (Phi) is 11.3. The molecule has 0 N–H and O–H groups in total. The predicted molar refractivity (Wildman–Crippen MR) is 287 cm³/mol. The number of fused-ring (bicyclic) bond motifs is 8. The molecular weight excluding hydrogens is 1040 g/mol. The minimum Gasteiger partial charge on any atom is -0.500 e. The Balaban J connectivity index is 0.000000202. The first-order valence-electron chi connectivity index (χ1n) is 25.7. The van der Waals surface area contributed by atoms with Gasteiger partial charge < -0.3 is 14.0 Å². The van der Waals surface area contributed by atoms with Crippen LogP contribution in [0.1, 0.15) is 64.1 Å². The zero-order valence-electron chi connectivity index (χ0n) is 45.0. The summed E-state index contributed by atoms with van der Waals surface area (Å²) >= 11 is 0. The Hall–Kier alpha value is -6.50.